The summed E-state index contributed by atoms with van der Waals surface area (Å²) in [6, 6.07) is 16.7. The summed E-state index contributed by atoms with van der Waals surface area (Å²) in [6.45, 7) is 28.4. The molecule has 17 heteroatoms. The van der Waals surface area contributed by atoms with Gasteiger partial charge < -0.3 is 63.1 Å². The number of para-hydroxylation sites is 1. The maximum Gasteiger partial charge on any atom is 0.316 e. The molecule has 6 saturated heterocycles. The summed E-state index contributed by atoms with van der Waals surface area (Å²) in [6.07, 6.45) is 27.0. The Morgan fingerprint density at radius 3 is 1.65 bits per heavy atom. The molecule has 17 nitrogen and oxygen atoms in total. The molecule has 0 amide bonds. The second kappa shape index (κ2) is 31.6. The lowest BCUT2D eigenvalue weighted by Gasteiger charge is -2.50. The van der Waals surface area contributed by atoms with Gasteiger partial charge in [-0.15, -0.1) is 0 Å². The summed E-state index contributed by atoms with van der Waals surface area (Å²) in [7, 11) is 0. The molecular weight excluding hydrogens is 1260 g/mol. The van der Waals surface area contributed by atoms with Crippen molar-refractivity contribution in [1.82, 2.24) is 9.97 Å². The van der Waals surface area contributed by atoms with Crippen molar-refractivity contribution in [3.8, 4) is 5.88 Å². The Balaban J connectivity index is 0.000000156. The summed E-state index contributed by atoms with van der Waals surface area (Å²) < 4.78 is 56.5. The topological polar surface area (TPSA) is 224 Å². The highest BCUT2D eigenvalue weighted by molar-refractivity contribution is 5.83. The molecule has 544 valence electrons. The fourth-order valence-corrected chi connectivity index (χ4v) is 16.6. The van der Waals surface area contributed by atoms with Crippen LogP contribution in [0.4, 0.5) is 0 Å². The zero-order valence-electron chi connectivity index (χ0n) is 61.4. The Morgan fingerprint density at radius 1 is 0.630 bits per heavy atom. The van der Waals surface area contributed by atoms with Gasteiger partial charge in [0.2, 0.25) is 5.88 Å². The standard InChI is InChI=1S/C32H46O7.C31H44O7.C20H22N2O/c1-6-27-21(4)12-13-31(39-27)17-25-16-24(38-31)11-10-20(3)14-19(2)8-7-9-23-18-36-29-28(33)22(5)15-26(30(34)37-25)32(23,29)35;1-18-7-6-8-23-17-35-28-27(32)21(4)14-26(31(23,28)34)29(33)36-25-15-24(10-9-19(2)13-18)38-30(16-25)12-11-20(3)22(5)37-30;1-20(2,3)16-10-8-15(9-11-16)12-13-23-19-17-6-4-5-7-18(17)21-14-22-19/h7-10,15,19,21,24-29,33,35H,6,11-14,16-18H2,1-5H3;6-9,14,18,20,22,24-28,32,34H,10-13,15-17H2,1-5H3;4-11,14H,12-13H2,1-3H3/b8-7+,20-10+,23-9+;7-6+,19-9+,23-8+;/t19-,21-,24+,25-,26-,27+,28+,29+,31+,32+;18-,20-,22+,24+,25-,26-,27+,28+,30-,31+;/m00./s1. The van der Waals surface area contributed by atoms with Gasteiger partial charge in [-0.2, -0.15) is 0 Å². The summed E-state index contributed by atoms with van der Waals surface area (Å²) in [4.78, 5) is 36.2. The normalized spacial score (nSPS) is 40.5. The summed E-state index contributed by atoms with van der Waals surface area (Å²) in [5.74, 6) is -2.39. The van der Waals surface area contributed by atoms with Crippen molar-refractivity contribution in [3.05, 3.63) is 160 Å². The molecule has 2 aromatic carbocycles. The number of rotatable bonds is 5. The monoisotopic (exact) mass is 1380 g/mol. The number of aliphatic hydroxyl groups is 4. The molecule has 0 saturated carbocycles. The largest absolute Gasteiger partial charge is 0.477 e. The molecule has 10 aliphatic rings. The highest BCUT2D eigenvalue weighted by Gasteiger charge is 2.62. The van der Waals surface area contributed by atoms with Gasteiger partial charge in [0.1, 0.15) is 66.0 Å². The maximum absolute atomic E-state index is 13.9. The van der Waals surface area contributed by atoms with Gasteiger partial charge in [-0.1, -0.05) is 164 Å². The number of carbonyl (C=O) groups is 2. The van der Waals surface area contributed by atoms with Crippen LogP contribution >= 0.6 is 0 Å². The zero-order chi connectivity index (χ0) is 71.5. The second-order valence-electron chi connectivity index (χ2n) is 31.8. The molecule has 2 spiro atoms. The smallest absolute Gasteiger partial charge is 0.316 e. The maximum atomic E-state index is 13.9. The number of benzene rings is 2. The molecule has 4 N–H and O–H groups in total. The van der Waals surface area contributed by atoms with E-state index in [9.17, 15) is 30.0 Å². The highest BCUT2D eigenvalue weighted by atomic mass is 16.7. The first-order chi connectivity index (χ1) is 47.6. The van der Waals surface area contributed by atoms with E-state index < -0.39 is 83.2 Å². The molecule has 0 unspecified atom stereocenters. The Labute approximate surface area is 593 Å². The van der Waals surface area contributed by atoms with Crippen LogP contribution < -0.4 is 4.74 Å². The summed E-state index contributed by atoms with van der Waals surface area (Å²) in [5.41, 5.74) is 5.29. The van der Waals surface area contributed by atoms with E-state index in [0.717, 1.165) is 75.1 Å². The van der Waals surface area contributed by atoms with Gasteiger partial charge >= 0.3 is 11.9 Å². The number of hydrogen-bond acceptors (Lipinski definition) is 17. The average Bonchev–Trinajstić information content (AvgIpc) is 1.49. The number of nitrogens with zero attached hydrogens (tertiary/aromatic N) is 2. The molecule has 20 atom stereocenters. The van der Waals surface area contributed by atoms with Gasteiger partial charge in [-0.25, -0.2) is 9.97 Å². The molecule has 8 aliphatic heterocycles. The lowest BCUT2D eigenvalue weighted by molar-refractivity contribution is -0.335. The molecule has 100 heavy (non-hydrogen) atoms. The third-order valence-corrected chi connectivity index (χ3v) is 22.8. The molecule has 0 radical (unpaired) electrons. The van der Waals surface area contributed by atoms with E-state index in [2.05, 4.69) is 135 Å². The molecule has 6 fully saturated rings. The van der Waals surface area contributed by atoms with Crippen LogP contribution in [0.1, 0.15) is 185 Å². The third-order valence-electron chi connectivity index (χ3n) is 22.8. The average molecular weight is 1380 g/mol. The molecular formula is C83H112N2O15. The minimum Gasteiger partial charge on any atom is -0.477 e. The van der Waals surface area contributed by atoms with E-state index in [0.29, 0.717) is 84.1 Å². The Bertz CT molecular complexity index is 3630. The van der Waals surface area contributed by atoms with Gasteiger partial charge in [0, 0.05) is 44.9 Å². The number of fused-ring (bicyclic) bond motifs is 5. The molecule has 2 aliphatic carbocycles. The van der Waals surface area contributed by atoms with E-state index in [4.69, 9.17) is 42.6 Å². The van der Waals surface area contributed by atoms with Gasteiger partial charge in [-0.3, -0.25) is 9.59 Å². The van der Waals surface area contributed by atoms with Crippen molar-refractivity contribution in [2.24, 2.45) is 35.5 Å². The fourth-order valence-electron chi connectivity index (χ4n) is 16.6. The van der Waals surface area contributed by atoms with Crippen molar-refractivity contribution in [2.75, 3.05) is 19.8 Å². The van der Waals surface area contributed by atoms with Crippen molar-refractivity contribution in [3.63, 3.8) is 0 Å². The minimum absolute atomic E-state index is 0.0526. The summed E-state index contributed by atoms with van der Waals surface area (Å²) in [5, 5.41) is 46.7. The van der Waals surface area contributed by atoms with E-state index in [-0.39, 0.29) is 43.0 Å². The van der Waals surface area contributed by atoms with Crippen LogP contribution in [0.15, 0.2) is 149 Å². The van der Waals surface area contributed by atoms with Crippen molar-refractivity contribution in [2.45, 2.75) is 269 Å². The number of aliphatic hydroxyl groups excluding tert-OH is 2. The predicted octanol–water partition coefficient (Wildman–Crippen LogP) is 14.0. The van der Waals surface area contributed by atoms with Gasteiger partial charge in [0.15, 0.2) is 11.6 Å². The van der Waals surface area contributed by atoms with Crippen LogP contribution in [0.2, 0.25) is 0 Å². The SMILES string of the molecule is CC(C)(C)c1ccc(CCOc2ncnc3ccccc23)cc1.CC1=C[C@H]2C(=O)O[C@H]3C[C@@H](C/C=C(\C)C[C@@H](C)/C=C/C=C4\CO[C@H]([C@@H]1O)[C@@]42O)O[C@@]1(CC[C@H](C)[C@@H](C)O1)C3.CC[C@H]1O[C@]2(CC[C@@H]1C)C[C@@H]1C[C@@H](C/C=C(\C)C[C@@H](C)/C=C/C=C3\CO[C@@H]4[C@H](O)C(C)=C[C@@H](C(=O)O1)[C@]34O)O2. The molecule has 4 bridgehead atoms. The van der Waals surface area contributed by atoms with Gasteiger partial charge in [0.05, 0.1) is 55.1 Å². The summed E-state index contributed by atoms with van der Waals surface area (Å²) >= 11 is 0. The first-order valence-electron chi connectivity index (χ1n) is 37.1. The highest BCUT2D eigenvalue weighted by Crippen LogP contribution is 2.50. The van der Waals surface area contributed by atoms with Crippen molar-refractivity contribution >= 4 is 22.8 Å². The van der Waals surface area contributed by atoms with E-state index in [1.54, 1.807) is 32.3 Å². The number of carbonyl (C=O) groups excluding carboxylic acids is 2. The van der Waals surface area contributed by atoms with Crippen LogP contribution in [-0.2, 0) is 59.3 Å². The van der Waals surface area contributed by atoms with Crippen molar-refractivity contribution in [1.29, 1.82) is 0 Å². The number of hydrogen-bond donors (Lipinski definition) is 4. The van der Waals surface area contributed by atoms with Gasteiger partial charge in [0.25, 0.3) is 0 Å². The van der Waals surface area contributed by atoms with Crippen LogP contribution in [-0.4, -0.2) is 146 Å². The van der Waals surface area contributed by atoms with E-state index in [1.807, 2.05) is 48.6 Å². The van der Waals surface area contributed by atoms with Crippen molar-refractivity contribution < 1.29 is 72.6 Å². The van der Waals surface area contributed by atoms with E-state index in [1.165, 1.54) is 22.3 Å². The Kier molecular flexibility index (Phi) is 23.7. The Hall–Kier alpha value is -5.96. The molecule has 9 heterocycles. The predicted molar refractivity (Wildman–Crippen MR) is 384 cm³/mol. The lowest BCUT2D eigenvalue weighted by atomic mass is 9.71. The number of allylic oxidation sites excluding steroid dienone is 8. The van der Waals surface area contributed by atoms with Crippen LogP contribution in [0, 0.1) is 35.5 Å². The van der Waals surface area contributed by atoms with Crippen LogP contribution in [0.5, 0.6) is 5.88 Å². The minimum atomic E-state index is -1.68. The zero-order valence-corrected chi connectivity index (χ0v) is 61.4. The van der Waals surface area contributed by atoms with E-state index >= 15 is 0 Å². The Morgan fingerprint density at radius 2 is 1.14 bits per heavy atom. The molecule has 13 rings (SSSR count). The molecule has 1 aromatic heterocycles. The lowest BCUT2D eigenvalue weighted by Crippen LogP contribution is -2.58. The quantitative estimate of drug-likeness (QED) is 0.138. The molecule has 3 aromatic rings. The van der Waals surface area contributed by atoms with Crippen LogP contribution in [0.25, 0.3) is 10.9 Å². The fraction of sp³-hybridized carbons (Fsp3) is 0.614. The third kappa shape index (κ3) is 16.8. The number of aromatic nitrogens is 2. The number of esters is 2. The van der Waals surface area contributed by atoms with Crippen LogP contribution in [0.3, 0.4) is 0 Å². The first kappa shape index (κ1) is 75.2. The number of ether oxygens (including phenoxy) is 9. The van der Waals surface area contributed by atoms with Gasteiger partial charge in [-0.05, 0) is 154 Å². The second-order valence-corrected chi connectivity index (χ2v) is 31.8. The first-order valence-corrected chi connectivity index (χ1v) is 37.1.